The van der Waals surface area contributed by atoms with Crippen LogP contribution in [0.1, 0.15) is 41.6 Å². The zero-order valence-corrected chi connectivity index (χ0v) is 13.2. The smallest absolute Gasteiger partial charge is 0.274 e. The van der Waals surface area contributed by atoms with Crippen molar-refractivity contribution in [1.82, 2.24) is 10.3 Å². The Kier molecular flexibility index (Phi) is 4.74. The van der Waals surface area contributed by atoms with Gasteiger partial charge in [-0.05, 0) is 45.0 Å². The Bertz CT molecular complexity index is 739. The van der Waals surface area contributed by atoms with Crippen LogP contribution in [0.2, 0.25) is 0 Å². The lowest BCUT2D eigenvalue weighted by molar-refractivity contribution is 0.0919. The molecule has 0 saturated heterocycles. The largest absolute Gasteiger partial charge is 0.347 e. The van der Waals surface area contributed by atoms with E-state index in [1.54, 1.807) is 6.07 Å². The van der Waals surface area contributed by atoms with Gasteiger partial charge in [-0.1, -0.05) is 12.1 Å². The number of hydrogen-bond donors (Lipinski definition) is 2. The van der Waals surface area contributed by atoms with Gasteiger partial charge in [-0.15, -0.1) is 0 Å². The van der Waals surface area contributed by atoms with Crippen molar-refractivity contribution in [2.45, 2.75) is 26.3 Å². The maximum atomic E-state index is 13.6. The van der Waals surface area contributed by atoms with E-state index in [-0.39, 0.29) is 17.3 Å². The molecule has 0 saturated carbocycles. The van der Waals surface area contributed by atoms with Crippen LogP contribution in [0.5, 0.6) is 0 Å². The zero-order valence-electron chi connectivity index (χ0n) is 13.2. The Labute approximate surface area is 133 Å². The summed E-state index contributed by atoms with van der Waals surface area (Å²) >= 11 is 0. The fourth-order valence-electron chi connectivity index (χ4n) is 1.86. The number of amides is 2. The zero-order chi connectivity index (χ0) is 17.0. The van der Waals surface area contributed by atoms with Crippen LogP contribution in [0.4, 0.5) is 10.1 Å². The number of carbonyl (C=O) groups is 2. The van der Waals surface area contributed by atoms with Crippen molar-refractivity contribution < 1.29 is 14.0 Å². The quantitative estimate of drug-likeness (QED) is 0.914. The Morgan fingerprint density at radius 2 is 1.78 bits per heavy atom. The van der Waals surface area contributed by atoms with Gasteiger partial charge >= 0.3 is 0 Å². The molecular formula is C17H18FN3O2. The summed E-state index contributed by atoms with van der Waals surface area (Å²) in [5.41, 5.74) is 0.0166. The molecule has 1 aromatic heterocycles. The van der Waals surface area contributed by atoms with Crippen LogP contribution in [0.3, 0.4) is 0 Å². The van der Waals surface area contributed by atoms with E-state index in [1.165, 1.54) is 36.5 Å². The Hall–Kier alpha value is -2.76. The highest BCUT2D eigenvalue weighted by molar-refractivity contribution is 6.04. The molecule has 0 fully saturated rings. The number of para-hydroxylation sites is 1. The molecule has 5 nitrogen and oxygen atoms in total. The van der Waals surface area contributed by atoms with Gasteiger partial charge in [-0.3, -0.25) is 14.6 Å². The minimum Gasteiger partial charge on any atom is -0.347 e. The number of nitrogens with zero attached hydrogens (tertiary/aromatic N) is 1. The van der Waals surface area contributed by atoms with Gasteiger partial charge in [-0.2, -0.15) is 0 Å². The molecule has 0 aliphatic carbocycles. The minimum absolute atomic E-state index is 0.0369. The third-order valence-electron chi connectivity index (χ3n) is 2.87. The second kappa shape index (κ2) is 6.56. The van der Waals surface area contributed by atoms with Crippen molar-refractivity contribution in [2.24, 2.45) is 0 Å². The van der Waals surface area contributed by atoms with Crippen molar-refractivity contribution in [3.05, 3.63) is 59.7 Å². The first-order valence-electron chi connectivity index (χ1n) is 7.11. The van der Waals surface area contributed by atoms with Gasteiger partial charge < -0.3 is 10.6 Å². The van der Waals surface area contributed by atoms with Crippen molar-refractivity contribution >= 4 is 17.5 Å². The Morgan fingerprint density at radius 1 is 1.09 bits per heavy atom. The topological polar surface area (TPSA) is 71.1 Å². The second-order valence-electron chi connectivity index (χ2n) is 6.07. The van der Waals surface area contributed by atoms with E-state index in [4.69, 9.17) is 0 Å². The maximum absolute atomic E-state index is 13.6. The first-order chi connectivity index (χ1) is 10.8. The molecule has 2 N–H and O–H groups in total. The highest BCUT2D eigenvalue weighted by Gasteiger charge is 2.17. The highest BCUT2D eigenvalue weighted by atomic mass is 19.1. The molecule has 2 rings (SSSR count). The number of pyridine rings is 1. The number of benzene rings is 1. The number of aromatic nitrogens is 1. The number of anilines is 1. The fraction of sp³-hybridized carbons (Fsp3) is 0.235. The normalized spacial score (nSPS) is 11.0. The number of halogens is 1. The van der Waals surface area contributed by atoms with Gasteiger partial charge in [0.15, 0.2) is 0 Å². The fourth-order valence-corrected chi connectivity index (χ4v) is 1.86. The predicted molar refractivity (Wildman–Crippen MR) is 85.8 cm³/mol. The first kappa shape index (κ1) is 16.6. The molecule has 0 radical (unpaired) electrons. The summed E-state index contributed by atoms with van der Waals surface area (Å²) in [6, 6.07) is 8.72. The summed E-state index contributed by atoms with van der Waals surface area (Å²) in [5, 5.41) is 5.23. The van der Waals surface area contributed by atoms with Gasteiger partial charge in [-0.25, -0.2) is 4.39 Å². The number of rotatable bonds is 3. The summed E-state index contributed by atoms with van der Waals surface area (Å²) < 4.78 is 13.6. The number of hydrogen-bond acceptors (Lipinski definition) is 3. The van der Waals surface area contributed by atoms with Gasteiger partial charge in [0.2, 0.25) is 0 Å². The average Bonchev–Trinajstić information content (AvgIpc) is 2.48. The van der Waals surface area contributed by atoms with Crippen LogP contribution < -0.4 is 10.6 Å². The standard InChI is InChI=1S/C17H18FN3O2/c1-17(2,3)21-15(22)11-8-9-19-14(10-11)16(23)20-13-7-5-4-6-12(13)18/h4-10H,1-3H3,(H,20,23)(H,21,22). The van der Waals surface area contributed by atoms with Crippen molar-refractivity contribution in [3.8, 4) is 0 Å². The summed E-state index contributed by atoms with van der Waals surface area (Å²) in [6.45, 7) is 5.58. The van der Waals surface area contributed by atoms with E-state index in [1.807, 2.05) is 20.8 Å². The highest BCUT2D eigenvalue weighted by Crippen LogP contribution is 2.14. The molecule has 0 unspecified atom stereocenters. The van der Waals surface area contributed by atoms with Gasteiger partial charge in [0.05, 0.1) is 5.69 Å². The van der Waals surface area contributed by atoms with E-state index < -0.39 is 17.3 Å². The first-order valence-corrected chi connectivity index (χ1v) is 7.11. The van der Waals surface area contributed by atoms with Crippen LogP contribution in [0.15, 0.2) is 42.6 Å². The predicted octanol–water partition coefficient (Wildman–Crippen LogP) is 3.00. The molecule has 0 spiro atoms. The molecule has 0 atom stereocenters. The molecule has 1 aromatic carbocycles. The molecule has 2 amide bonds. The second-order valence-corrected chi connectivity index (χ2v) is 6.07. The summed E-state index contributed by atoms with van der Waals surface area (Å²) in [7, 11) is 0. The molecule has 0 bridgehead atoms. The molecule has 0 aliphatic rings. The van der Waals surface area contributed by atoms with Crippen molar-refractivity contribution in [2.75, 3.05) is 5.32 Å². The monoisotopic (exact) mass is 315 g/mol. The molecule has 6 heteroatoms. The molecular weight excluding hydrogens is 297 g/mol. The van der Waals surface area contributed by atoms with Crippen LogP contribution >= 0.6 is 0 Å². The van der Waals surface area contributed by atoms with E-state index in [9.17, 15) is 14.0 Å². The summed E-state index contributed by atoms with van der Waals surface area (Å²) in [4.78, 5) is 28.2. The maximum Gasteiger partial charge on any atom is 0.274 e. The SMILES string of the molecule is CC(C)(C)NC(=O)c1ccnc(C(=O)Nc2ccccc2F)c1. The summed E-state index contributed by atoms with van der Waals surface area (Å²) in [6.07, 6.45) is 1.37. The van der Waals surface area contributed by atoms with E-state index in [0.717, 1.165) is 0 Å². The van der Waals surface area contributed by atoms with Crippen molar-refractivity contribution in [1.29, 1.82) is 0 Å². The lowest BCUT2D eigenvalue weighted by Gasteiger charge is -2.20. The van der Waals surface area contributed by atoms with Gasteiger partial charge in [0.1, 0.15) is 11.5 Å². The van der Waals surface area contributed by atoms with Gasteiger partial charge in [0.25, 0.3) is 11.8 Å². The Balaban J connectivity index is 2.18. The molecule has 0 aliphatic heterocycles. The molecule has 2 aromatic rings. The minimum atomic E-state index is -0.583. The number of carbonyl (C=O) groups excluding carboxylic acids is 2. The van der Waals surface area contributed by atoms with Crippen LogP contribution in [-0.4, -0.2) is 22.3 Å². The Morgan fingerprint density at radius 3 is 2.43 bits per heavy atom. The average molecular weight is 315 g/mol. The third kappa shape index (κ3) is 4.60. The van der Waals surface area contributed by atoms with Crippen LogP contribution in [0.25, 0.3) is 0 Å². The van der Waals surface area contributed by atoms with Crippen LogP contribution in [0, 0.1) is 5.82 Å². The van der Waals surface area contributed by atoms with E-state index >= 15 is 0 Å². The van der Waals surface area contributed by atoms with E-state index in [2.05, 4.69) is 15.6 Å². The van der Waals surface area contributed by atoms with Crippen LogP contribution in [-0.2, 0) is 0 Å². The summed E-state index contributed by atoms with van der Waals surface area (Å²) in [5.74, 6) is -1.43. The van der Waals surface area contributed by atoms with Gasteiger partial charge in [0, 0.05) is 17.3 Å². The lowest BCUT2D eigenvalue weighted by Crippen LogP contribution is -2.40. The molecule has 23 heavy (non-hydrogen) atoms. The number of nitrogens with one attached hydrogen (secondary N) is 2. The molecule has 1 heterocycles. The molecule has 120 valence electrons. The van der Waals surface area contributed by atoms with Crippen molar-refractivity contribution in [3.63, 3.8) is 0 Å². The lowest BCUT2D eigenvalue weighted by atomic mass is 10.1. The van der Waals surface area contributed by atoms with E-state index in [0.29, 0.717) is 5.56 Å². The third-order valence-corrected chi connectivity index (χ3v) is 2.87.